The maximum Gasteiger partial charge on any atom is 0.240 e. The van der Waals surface area contributed by atoms with E-state index in [0.29, 0.717) is 23.8 Å². The average molecular weight is 306 g/mol. The van der Waals surface area contributed by atoms with E-state index in [1.54, 1.807) is 23.7 Å². The third-order valence-corrected chi connectivity index (χ3v) is 5.04. The molecule has 1 aromatic heterocycles. The van der Waals surface area contributed by atoms with Crippen molar-refractivity contribution in [2.24, 2.45) is 0 Å². The van der Waals surface area contributed by atoms with Crippen LogP contribution in [0.1, 0.15) is 31.4 Å². The summed E-state index contributed by atoms with van der Waals surface area (Å²) >= 11 is 0. The van der Waals surface area contributed by atoms with Gasteiger partial charge in [0.2, 0.25) is 10.0 Å². The SMILES string of the molecule is CCNS(=O)(=O)c1ccc(N)c(-n2ccc(C3CC3)n2)c1. The second kappa shape index (κ2) is 5.16. The molecule has 1 aliphatic carbocycles. The van der Waals surface area contributed by atoms with Gasteiger partial charge in [0.05, 0.1) is 22.0 Å². The van der Waals surface area contributed by atoms with Gasteiger partial charge in [-0.3, -0.25) is 0 Å². The fraction of sp³-hybridized carbons (Fsp3) is 0.357. The van der Waals surface area contributed by atoms with Crippen LogP contribution in [0, 0.1) is 0 Å². The number of rotatable bonds is 5. The Hall–Kier alpha value is -1.86. The van der Waals surface area contributed by atoms with Gasteiger partial charge in [-0.25, -0.2) is 17.8 Å². The van der Waals surface area contributed by atoms with Gasteiger partial charge in [0.1, 0.15) is 0 Å². The van der Waals surface area contributed by atoms with E-state index >= 15 is 0 Å². The molecule has 0 unspecified atom stereocenters. The van der Waals surface area contributed by atoms with Crippen LogP contribution in [-0.4, -0.2) is 24.7 Å². The number of benzene rings is 1. The largest absolute Gasteiger partial charge is 0.397 e. The second-order valence-electron chi connectivity index (χ2n) is 5.18. The van der Waals surface area contributed by atoms with Crippen LogP contribution >= 0.6 is 0 Å². The van der Waals surface area contributed by atoms with Gasteiger partial charge in [0, 0.05) is 18.7 Å². The Morgan fingerprint density at radius 2 is 2.14 bits per heavy atom. The van der Waals surface area contributed by atoms with Crippen LogP contribution in [0.25, 0.3) is 5.69 Å². The molecule has 0 aliphatic heterocycles. The first kappa shape index (κ1) is 14.1. The van der Waals surface area contributed by atoms with Gasteiger partial charge >= 0.3 is 0 Å². The molecule has 0 atom stereocenters. The fourth-order valence-electron chi connectivity index (χ4n) is 2.23. The van der Waals surface area contributed by atoms with E-state index < -0.39 is 10.0 Å². The Morgan fingerprint density at radius 3 is 2.81 bits per heavy atom. The molecule has 1 heterocycles. The molecule has 1 aliphatic rings. The van der Waals surface area contributed by atoms with Crippen LogP contribution in [0.4, 0.5) is 5.69 Å². The fourth-order valence-corrected chi connectivity index (χ4v) is 3.29. The summed E-state index contributed by atoms with van der Waals surface area (Å²) in [6.45, 7) is 2.08. The number of sulfonamides is 1. The number of aromatic nitrogens is 2. The van der Waals surface area contributed by atoms with Crippen molar-refractivity contribution in [1.82, 2.24) is 14.5 Å². The molecule has 1 saturated carbocycles. The van der Waals surface area contributed by atoms with E-state index in [1.807, 2.05) is 12.3 Å². The van der Waals surface area contributed by atoms with Crippen molar-refractivity contribution >= 4 is 15.7 Å². The molecule has 0 spiro atoms. The number of nitrogens with two attached hydrogens (primary N) is 1. The van der Waals surface area contributed by atoms with Crippen molar-refractivity contribution < 1.29 is 8.42 Å². The van der Waals surface area contributed by atoms with Gasteiger partial charge in [0.15, 0.2) is 0 Å². The molecule has 0 amide bonds. The number of hydrogen-bond donors (Lipinski definition) is 2. The zero-order valence-electron chi connectivity index (χ0n) is 11.8. The number of nitrogens with zero attached hydrogens (tertiary/aromatic N) is 2. The van der Waals surface area contributed by atoms with Crippen LogP contribution in [-0.2, 0) is 10.0 Å². The van der Waals surface area contributed by atoms with Gasteiger partial charge in [0.25, 0.3) is 0 Å². The van der Waals surface area contributed by atoms with E-state index in [4.69, 9.17) is 5.73 Å². The van der Waals surface area contributed by atoms with Crippen molar-refractivity contribution in [1.29, 1.82) is 0 Å². The number of nitrogen functional groups attached to an aromatic ring is 1. The summed E-state index contributed by atoms with van der Waals surface area (Å²) in [5.74, 6) is 0.543. The molecule has 2 aromatic rings. The molecule has 21 heavy (non-hydrogen) atoms. The highest BCUT2D eigenvalue weighted by Crippen LogP contribution is 2.39. The average Bonchev–Trinajstić information content (AvgIpc) is 3.17. The first-order valence-corrected chi connectivity index (χ1v) is 8.44. The lowest BCUT2D eigenvalue weighted by Crippen LogP contribution is -2.23. The maximum atomic E-state index is 12.1. The number of nitrogens with one attached hydrogen (secondary N) is 1. The quantitative estimate of drug-likeness (QED) is 0.822. The van der Waals surface area contributed by atoms with Gasteiger partial charge in [-0.1, -0.05) is 6.92 Å². The van der Waals surface area contributed by atoms with E-state index in [-0.39, 0.29) is 4.90 Å². The van der Waals surface area contributed by atoms with Gasteiger partial charge < -0.3 is 5.73 Å². The molecule has 3 rings (SSSR count). The lowest BCUT2D eigenvalue weighted by molar-refractivity contribution is 0.584. The lowest BCUT2D eigenvalue weighted by Gasteiger charge is -2.10. The minimum absolute atomic E-state index is 0.192. The van der Waals surface area contributed by atoms with Crippen molar-refractivity contribution in [3.63, 3.8) is 0 Å². The number of anilines is 1. The smallest absolute Gasteiger partial charge is 0.240 e. The summed E-state index contributed by atoms with van der Waals surface area (Å²) in [7, 11) is -3.50. The summed E-state index contributed by atoms with van der Waals surface area (Å²) < 4.78 is 28.3. The minimum Gasteiger partial charge on any atom is -0.397 e. The molecular weight excluding hydrogens is 288 g/mol. The second-order valence-corrected chi connectivity index (χ2v) is 6.95. The van der Waals surface area contributed by atoms with Crippen molar-refractivity contribution in [2.45, 2.75) is 30.6 Å². The molecule has 0 radical (unpaired) electrons. The summed E-state index contributed by atoms with van der Waals surface area (Å²) in [4.78, 5) is 0.192. The normalized spacial score (nSPS) is 15.3. The summed E-state index contributed by atoms with van der Waals surface area (Å²) in [6.07, 6.45) is 4.16. The van der Waals surface area contributed by atoms with Crippen molar-refractivity contribution in [3.05, 3.63) is 36.2 Å². The Morgan fingerprint density at radius 1 is 1.38 bits per heavy atom. The third-order valence-electron chi connectivity index (χ3n) is 3.50. The van der Waals surface area contributed by atoms with Crippen molar-refractivity contribution in [2.75, 3.05) is 12.3 Å². The summed E-state index contributed by atoms with van der Waals surface area (Å²) in [5, 5.41) is 4.49. The van der Waals surface area contributed by atoms with Crippen LogP contribution in [0.2, 0.25) is 0 Å². The Labute approximate surface area is 124 Å². The molecule has 7 heteroatoms. The zero-order valence-corrected chi connectivity index (χ0v) is 12.6. The zero-order chi connectivity index (χ0) is 15.0. The highest BCUT2D eigenvalue weighted by molar-refractivity contribution is 7.89. The predicted octanol–water partition coefficient (Wildman–Crippen LogP) is 1.63. The predicted molar refractivity (Wildman–Crippen MR) is 80.8 cm³/mol. The molecular formula is C14H18N4O2S. The van der Waals surface area contributed by atoms with E-state index in [0.717, 1.165) is 5.69 Å². The number of hydrogen-bond acceptors (Lipinski definition) is 4. The molecule has 6 nitrogen and oxygen atoms in total. The molecule has 0 bridgehead atoms. The van der Waals surface area contributed by atoms with Gasteiger partial charge in [-0.15, -0.1) is 0 Å². The lowest BCUT2D eigenvalue weighted by atomic mass is 10.3. The Kier molecular flexibility index (Phi) is 3.46. The summed E-state index contributed by atoms with van der Waals surface area (Å²) in [5.41, 5.74) is 8.08. The van der Waals surface area contributed by atoms with Crippen LogP contribution in [0.15, 0.2) is 35.4 Å². The van der Waals surface area contributed by atoms with Crippen LogP contribution in [0.5, 0.6) is 0 Å². The molecule has 3 N–H and O–H groups in total. The van der Waals surface area contributed by atoms with Crippen LogP contribution < -0.4 is 10.5 Å². The highest BCUT2D eigenvalue weighted by atomic mass is 32.2. The van der Waals surface area contributed by atoms with E-state index in [9.17, 15) is 8.42 Å². The van der Waals surface area contributed by atoms with Crippen molar-refractivity contribution in [3.8, 4) is 5.69 Å². The Balaban J connectivity index is 2.01. The molecule has 1 fully saturated rings. The monoisotopic (exact) mass is 306 g/mol. The molecule has 1 aromatic carbocycles. The third kappa shape index (κ3) is 2.79. The molecule has 0 saturated heterocycles. The maximum absolute atomic E-state index is 12.1. The van der Waals surface area contributed by atoms with E-state index in [2.05, 4.69) is 9.82 Å². The summed E-state index contributed by atoms with van der Waals surface area (Å²) in [6, 6.07) is 6.61. The first-order chi connectivity index (χ1) is 10.0. The first-order valence-electron chi connectivity index (χ1n) is 6.96. The standard InChI is InChI=1S/C14H18N4O2S/c1-2-16-21(19,20)11-5-6-12(15)14(9-11)18-8-7-13(17-18)10-3-4-10/h5-10,16H,2-4,15H2,1H3. The Bertz CT molecular complexity index is 763. The minimum atomic E-state index is -3.50. The van der Waals surface area contributed by atoms with Crippen LogP contribution in [0.3, 0.4) is 0 Å². The van der Waals surface area contributed by atoms with E-state index in [1.165, 1.54) is 18.9 Å². The van der Waals surface area contributed by atoms with Gasteiger partial charge in [-0.2, -0.15) is 5.10 Å². The topological polar surface area (TPSA) is 90.0 Å². The highest BCUT2D eigenvalue weighted by Gasteiger charge is 2.26. The van der Waals surface area contributed by atoms with Gasteiger partial charge in [-0.05, 0) is 37.1 Å². The molecule has 112 valence electrons.